The van der Waals surface area contributed by atoms with Crippen LogP contribution >= 0.6 is 0 Å². The van der Waals surface area contributed by atoms with Gasteiger partial charge in [-0.15, -0.1) is 0 Å². The Hall–Kier alpha value is -2.03. The van der Waals surface area contributed by atoms with Crippen molar-refractivity contribution in [1.82, 2.24) is 15.1 Å². The fraction of sp³-hybridized carbons (Fsp3) is 0.692. The number of hydrogen-bond acceptors (Lipinski definition) is 4. The Morgan fingerprint density at radius 1 is 1.60 bits per heavy atom. The van der Waals surface area contributed by atoms with Gasteiger partial charge in [-0.25, -0.2) is 0 Å². The molecule has 7 heteroatoms. The van der Waals surface area contributed by atoms with Gasteiger partial charge in [0.05, 0.1) is 11.8 Å². The normalized spacial score (nSPS) is 12.6. The fourth-order valence-corrected chi connectivity index (χ4v) is 1.97. The van der Waals surface area contributed by atoms with E-state index in [1.165, 1.54) is 0 Å². The van der Waals surface area contributed by atoms with Gasteiger partial charge in [-0.05, 0) is 18.5 Å². The average Bonchev–Trinajstić information content (AvgIpc) is 2.76. The minimum atomic E-state index is -0.399. The van der Waals surface area contributed by atoms with Gasteiger partial charge in [0.1, 0.15) is 6.04 Å². The predicted octanol–water partition coefficient (Wildman–Crippen LogP) is 2.57. The van der Waals surface area contributed by atoms with Crippen molar-refractivity contribution in [3.63, 3.8) is 0 Å². The molecule has 108 valence electrons. The SMILES string of the molecule is Cn1cc(C(C#N)NCCCN=[N+]=[N-])c(C(C)(C)C)n1. The lowest BCUT2D eigenvalue weighted by Gasteiger charge is -2.20. The smallest absolute Gasteiger partial charge is 0.124 e. The van der Waals surface area contributed by atoms with Crippen molar-refractivity contribution in [3.05, 3.63) is 27.9 Å². The van der Waals surface area contributed by atoms with Crippen LogP contribution in [-0.2, 0) is 12.5 Å². The third-order valence-electron chi connectivity index (χ3n) is 2.85. The van der Waals surface area contributed by atoms with Gasteiger partial charge in [-0.2, -0.15) is 10.4 Å². The van der Waals surface area contributed by atoms with Gasteiger partial charge in [0.25, 0.3) is 0 Å². The molecule has 0 aliphatic rings. The Morgan fingerprint density at radius 2 is 2.30 bits per heavy atom. The number of hydrogen-bond donors (Lipinski definition) is 1. The molecule has 0 fully saturated rings. The molecular weight excluding hydrogens is 254 g/mol. The quantitative estimate of drug-likeness (QED) is 0.373. The maximum Gasteiger partial charge on any atom is 0.124 e. The highest BCUT2D eigenvalue weighted by molar-refractivity contribution is 5.31. The van der Waals surface area contributed by atoms with Crippen molar-refractivity contribution in [1.29, 1.82) is 5.26 Å². The Kier molecular flexibility index (Phi) is 5.56. The molecule has 0 saturated carbocycles. The van der Waals surface area contributed by atoms with E-state index in [0.717, 1.165) is 11.3 Å². The van der Waals surface area contributed by atoms with Crippen molar-refractivity contribution in [2.24, 2.45) is 12.2 Å². The van der Waals surface area contributed by atoms with Crippen LogP contribution in [0.15, 0.2) is 11.3 Å². The fourth-order valence-electron chi connectivity index (χ4n) is 1.97. The summed E-state index contributed by atoms with van der Waals surface area (Å²) in [4.78, 5) is 2.70. The molecule has 0 saturated heterocycles. The molecule has 1 heterocycles. The highest BCUT2D eigenvalue weighted by atomic mass is 15.3. The summed E-state index contributed by atoms with van der Waals surface area (Å²) in [6.07, 6.45) is 2.59. The molecule has 1 unspecified atom stereocenters. The van der Waals surface area contributed by atoms with Gasteiger partial charge in [-0.1, -0.05) is 25.9 Å². The second-order valence-electron chi connectivity index (χ2n) is 5.68. The second kappa shape index (κ2) is 6.94. The Morgan fingerprint density at radius 3 is 2.85 bits per heavy atom. The molecule has 0 radical (unpaired) electrons. The third-order valence-corrected chi connectivity index (χ3v) is 2.85. The molecular formula is C13H21N7. The molecule has 0 amide bonds. The summed E-state index contributed by atoms with van der Waals surface area (Å²) in [6.45, 7) is 7.29. The number of rotatable bonds is 6. The molecule has 1 aromatic rings. The van der Waals surface area contributed by atoms with Gasteiger partial charge < -0.3 is 0 Å². The maximum absolute atomic E-state index is 9.35. The maximum atomic E-state index is 9.35. The Labute approximate surface area is 119 Å². The van der Waals surface area contributed by atoms with Crippen LogP contribution in [0.1, 0.15) is 44.5 Å². The zero-order valence-electron chi connectivity index (χ0n) is 12.5. The Bertz CT molecular complexity index is 526. The molecule has 0 spiro atoms. The topological polar surface area (TPSA) is 102 Å². The molecule has 1 aromatic heterocycles. The summed E-state index contributed by atoms with van der Waals surface area (Å²) in [5.41, 5.74) is 9.92. The number of azide groups is 1. The van der Waals surface area contributed by atoms with Crippen molar-refractivity contribution < 1.29 is 0 Å². The van der Waals surface area contributed by atoms with Crippen molar-refractivity contribution in [2.45, 2.75) is 38.6 Å². The van der Waals surface area contributed by atoms with E-state index in [9.17, 15) is 5.26 Å². The molecule has 0 bridgehead atoms. The molecule has 20 heavy (non-hydrogen) atoms. The number of nitriles is 1. The first-order valence-corrected chi connectivity index (χ1v) is 6.58. The first-order valence-electron chi connectivity index (χ1n) is 6.58. The van der Waals surface area contributed by atoms with E-state index in [1.807, 2.05) is 13.2 Å². The lowest BCUT2D eigenvalue weighted by Crippen LogP contribution is -2.25. The van der Waals surface area contributed by atoms with Crippen LogP contribution in [0.4, 0.5) is 0 Å². The molecule has 0 aliphatic heterocycles. The lowest BCUT2D eigenvalue weighted by molar-refractivity contribution is 0.534. The van der Waals surface area contributed by atoms with Gasteiger partial charge in [0.2, 0.25) is 0 Å². The average molecular weight is 275 g/mol. The number of aromatic nitrogens is 2. The number of nitrogens with one attached hydrogen (secondary N) is 1. The highest BCUT2D eigenvalue weighted by Crippen LogP contribution is 2.28. The summed E-state index contributed by atoms with van der Waals surface area (Å²) in [7, 11) is 1.86. The lowest BCUT2D eigenvalue weighted by atomic mass is 9.88. The van der Waals surface area contributed by atoms with E-state index in [-0.39, 0.29) is 5.41 Å². The van der Waals surface area contributed by atoms with Crippen LogP contribution in [0.5, 0.6) is 0 Å². The van der Waals surface area contributed by atoms with E-state index >= 15 is 0 Å². The van der Waals surface area contributed by atoms with Crippen LogP contribution in [-0.4, -0.2) is 22.9 Å². The van der Waals surface area contributed by atoms with Crippen LogP contribution < -0.4 is 5.32 Å². The van der Waals surface area contributed by atoms with Gasteiger partial charge in [0, 0.05) is 35.7 Å². The van der Waals surface area contributed by atoms with Crippen LogP contribution in [0, 0.1) is 11.3 Å². The van der Waals surface area contributed by atoms with Crippen LogP contribution in [0.25, 0.3) is 10.4 Å². The van der Waals surface area contributed by atoms with E-state index < -0.39 is 6.04 Å². The zero-order chi connectivity index (χ0) is 15.2. The zero-order valence-corrected chi connectivity index (χ0v) is 12.5. The van der Waals surface area contributed by atoms with Crippen LogP contribution in [0.2, 0.25) is 0 Å². The molecule has 0 aliphatic carbocycles. The largest absolute Gasteiger partial charge is 0.298 e. The first-order chi connectivity index (χ1) is 9.40. The van der Waals surface area contributed by atoms with Crippen molar-refractivity contribution in [2.75, 3.05) is 13.1 Å². The minimum absolute atomic E-state index is 0.113. The van der Waals surface area contributed by atoms with E-state index in [4.69, 9.17) is 5.53 Å². The summed E-state index contributed by atoms with van der Waals surface area (Å²) in [5.74, 6) is 0. The Balaban J connectivity index is 2.80. The standard InChI is InChI=1S/C13H21N7/c1-13(2,3)12-10(9-20(4)18-12)11(8-14)16-6-5-7-17-19-15/h9,11,16H,5-7H2,1-4H3. The molecule has 1 atom stereocenters. The van der Waals surface area contributed by atoms with Crippen molar-refractivity contribution in [3.8, 4) is 6.07 Å². The predicted molar refractivity (Wildman–Crippen MR) is 76.9 cm³/mol. The third kappa shape index (κ3) is 4.26. The monoisotopic (exact) mass is 275 g/mol. The van der Waals surface area contributed by atoms with Gasteiger partial charge >= 0.3 is 0 Å². The summed E-state index contributed by atoms with van der Waals surface area (Å²) in [6, 6.07) is 1.87. The minimum Gasteiger partial charge on any atom is -0.298 e. The summed E-state index contributed by atoms with van der Waals surface area (Å²) >= 11 is 0. The molecule has 1 rings (SSSR count). The van der Waals surface area contributed by atoms with E-state index in [1.54, 1.807) is 4.68 Å². The van der Waals surface area contributed by atoms with Crippen molar-refractivity contribution >= 4 is 0 Å². The van der Waals surface area contributed by atoms with E-state index in [0.29, 0.717) is 19.5 Å². The van der Waals surface area contributed by atoms with Gasteiger partial charge in [0.15, 0.2) is 0 Å². The number of nitrogens with zero attached hydrogens (tertiary/aromatic N) is 6. The molecule has 0 aromatic carbocycles. The van der Waals surface area contributed by atoms with Crippen LogP contribution in [0.3, 0.4) is 0 Å². The first kappa shape index (κ1) is 16.0. The second-order valence-corrected chi connectivity index (χ2v) is 5.68. The number of aryl methyl sites for hydroxylation is 1. The highest BCUT2D eigenvalue weighted by Gasteiger charge is 2.26. The summed E-state index contributed by atoms with van der Waals surface area (Å²) < 4.78 is 1.74. The molecule has 7 nitrogen and oxygen atoms in total. The summed E-state index contributed by atoms with van der Waals surface area (Å²) in [5, 5.41) is 20.5. The van der Waals surface area contributed by atoms with E-state index in [2.05, 4.69) is 47.3 Å². The molecule has 1 N–H and O–H groups in total. The van der Waals surface area contributed by atoms with Gasteiger partial charge in [-0.3, -0.25) is 10.00 Å².